The third-order valence-corrected chi connectivity index (χ3v) is 4.42. The standard InChI is InChI=1S/C20H18N6O/c1-13-19(27)22-20(25-23-13)24-21-12-16-15-10-6-7-11-17(15)26(2)18(16)14-8-4-3-5-9-14/h3-12H,1-2H3,(H2,22,24,25,27). The van der Waals surface area contributed by atoms with Gasteiger partial charge in [0.15, 0.2) is 0 Å². The number of hydrazone groups is 1. The lowest BCUT2D eigenvalue weighted by molar-refractivity contribution is 0.897. The Morgan fingerprint density at radius 1 is 1.07 bits per heavy atom. The average Bonchev–Trinajstić information content (AvgIpc) is 2.98. The molecule has 7 heteroatoms. The van der Waals surface area contributed by atoms with E-state index in [2.05, 4.69) is 54.5 Å². The topological polar surface area (TPSA) is 88.0 Å². The van der Waals surface area contributed by atoms with E-state index in [1.807, 2.05) is 37.4 Å². The molecule has 2 aromatic heterocycles. The molecule has 0 bridgehead atoms. The minimum absolute atomic E-state index is 0.198. The molecule has 0 spiro atoms. The van der Waals surface area contributed by atoms with Gasteiger partial charge in [-0.2, -0.15) is 5.10 Å². The van der Waals surface area contributed by atoms with E-state index in [9.17, 15) is 4.79 Å². The van der Waals surface area contributed by atoms with Gasteiger partial charge in [0.2, 0.25) is 5.95 Å². The van der Waals surface area contributed by atoms with Crippen LogP contribution < -0.4 is 11.0 Å². The number of aryl methyl sites for hydroxylation is 2. The number of H-pyrrole nitrogens is 1. The summed E-state index contributed by atoms with van der Waals surface area (Å²) in [6, 6.07) is 18.3. The van der Waals surface area contributed by atoms with Gasteiger partial charge in [0.05, 0.1) is 11.9 Å². The lowest BCUT2D eigenvalue weighted by Gasteiger charge is -2.06. The number of nitrogens with one attached hydrogen (secondary N) is 2. The SMILES string of the molecule is Cc1nnc(NN=Cc2c(-c3ccccc3)n(C)c3ccccc23)[nH]c1=O. The van der Waals surface area contributed by atoms with Crippen LogP contribution in [-0.4, -0.2) is 26.0 Å². The number of nitrogens with zero attached hydrogens (tertiary/aromatic N) is 4. The number of benzene rings is 2. The van der Waals surface area contributed by atoms with Gasteiger partial charge >= 0.3 is 0 Å². The van der Waals surface area contributed by atoms with Gasteiger partial charge in [-0.15, -0.1) is 10.2 Å². The first-order valence-electron chi connectivity index (χ1n) is 8.50. The van der Waals surface area contributed by atoms with E-state index in [0.717, 1.165) is 27.7 Å². The normalized spacial score (nSPS) is 11.3. The van der Waals surface area contributed by atoms with Gasteiger partial charge in [0, 0.05) is 23.5 Å². The van der Waals surface area contributed by atoms with E-state index >= 15 is 0 Å². The second kappa shape index (κ2) is 6.87. The lowest BCUT2D eigenvalue weighted by Crippen LogP contribution is -2.15. The highest BCUT2D eigenvalue weighted by Gasteiger charge is 2.14. The molecule has 0 radical (unpaired) electrons. The molecule has 0 aliphatic rings. The largest absolute Gasteiger partial charge is 0.343 e. The predicted molar refractivity (Wildman–Crippen MR) is 107 cm³/mol. The van der Waals surface area contributed by atoms with Crippen LogP contribution in [0.1, 0.15) is 11.3 Å². The monoisotopic (exact) mass is 358 g/mol. The molecule has 2 aromatic carbocycles. The summed E-state index contributed by atoms with van der Waals surface area (Å²) in [6.45, 7) is 1.60. The van der Waals surface area contributed by atoms with Crippen molar-refractivity contribution in [1.82, 2.24) is 19.7 Å². The van der Waals surface area contributed by atoms with E-state index in [1.54, 1.807) is 13.1 Å². The Morgan fingerprint density at radius 3 is 2.59 bits per heavy atom. The summed E-state index contributed by atoms with van der Waals surface area (Å²) in [5, 5.41) is 13.0. The van der Waals surface area contributed by atoms with Crippen molar-refractivity contribution >= 4 is 23.1 Å². The van der Waals surface area contributed by atoms with Crippen LogP contribution in [0.15, 0.2) is 64.5 Å². The van der Waals surface area contributed by atoms with Crippen molar-refractivity contribution in [3.05, 3.63) is 76.2 Å². The molecule has 4 rings (SSSR count). The van der Waals surface area contributed by atoms with Crippen LogP contribution in [0.3, 0.4) is 0 Å². The summed E-state index contributed by atoms with van der Waals surface area (Å²) >= 11 is 0. The minimum Gasteiger partial charge on any atom is -0.343 e. The lowest BCUT2D eigenvalue weighted by atomic mass is 10.1. The highest BCUT2D eigenvalue weighted by molar-refractivity contribution is 6.06. The van der Waals surface area contributed by atoms with E-state index in [4.69, 9.17) is 0 Å². The predicted octanol–water partition coefficient (Wildman–Crippen LogP) is 3.08. The van der Waals surface area contributed by atoms with E-state index in [1.165, 1.54) is 0 Å². The summed E-state index contributed by atoms with van der Waals surface area (Å²) in [5.41, 5.74) is 7.01. The number of fused-ring (bicyclic) bond motifs is 1. The molecule has 0 aliphatic carbocycles. The maximum absolute atomic E-state index is 11.6. The molecule has 0 aliphatic heterocycles. The third kappa shape index (κ3) is 3.10. The van der Waals surface area contributed by atoms with Crippen LogP contribution in [0.4, 0.5) is 5.95 Å². The molecule has 2 heterocycles. The molecule has 0 amide bonds. The van der Waals surface area contributed by atoms with Crippen LogP contribution in [0.25, 0.3) is 22.2 Å². The zero-order chi connectivity index (χ0) is 18.8. The van der Waals surface area contributed by atoms with E-state index in [0.29, 0.717) is 5.69 Å². The van der Waals surface area contributed by atoms with Crippen LogP contribution in [0.2, 0.25) is 0 Å². The number of aromatic amines is 1. The Balaban J connectivity index is 1.78. The van der Waals surface area contributed by atoms with Crippen LogP contribution in [-0.2, 0) is 7.05 Å². The molecule has 134 valence electrons. The number of anilines is 1. The van der Waals surface area contributed by atoms with Crippen molar-refractivity contribution < 1.29 is 0 Å². The second-order valence-corrected chi connectivity index (χ2v) is 6.16. The van der Waals surface area contributed by atoms with Gasteiger partial charge in [-0.3, -0.25) is 9.78 Å². The number of aromatic nitrogens is 4. The van der Waals surface area contributed by atoms with Crippen molar-refractivity contribution in [2.24, 2.45) is 12.1 Å². The van der Waals surface area contributed by atoms with Gasteiger partial charge < -0.3 is 4.57 Å². The Morgan fingerprint density at radius 2 is 1.81 bits per heavy atom. The maximum Gasteiger partial charge on any atom is 0.274 e. The zero-order valence-corrected chi connectivity index (χ0v) is 15.0. The number of hydrogen-bond donors (Lipinski definition) is 2. The van der Waals surface area contributed by atoms with Gasteiger partial charge in [-0.25, -0.2) is 5.43 Å². The second-order valence-electron chi connectivity index (χ2n) is 6.16. The molecule has 2 N–H and O–H groups in total. The first kappa shape index (κ1) is 16.7. The van der Waals surface area contributed by atoms with Gasteiger partial charge in [-0.1, -0.05) is 48.5 Å². The van der Waals surface area contributed by atoms with Crippen molar-refractivity contribution in [3.8, 4) is 11.3 Å². The Bertz CT molecular complexity index is 1190. The molecular formula is C20H18N6O. The highest BCUT2D eigenvalue weighted by atomic mass is 16.1. The molecule has 0 fully saturated rings. The van der Waals surface area contributed by atoms with Gasteiger partial charge in [0.1, 0.15) is 5.69 Å². The Hall–Kier alpha value is -3.74. The quantitative estimate of drug-likeness (QED) is 0.433. The average molecular weight is 358 g/mol. The van der Waals surface area contributed by atoms with Crippen molar-refractivity contribution in [1.29, 1.82) is 0 Å². The first-order chi connectivity index (χ1) is 13.1. The highest BCUT2D eigenvalue weighted by Crippen LogP contribution is 2.31. The van der Waals surface area contributed by atoms with Crippen molar-refractivity contribution in [3.63, 3.8) is 0 Å². The molecular weight excluding hydrogens is 340 g/mol. The maximum atomic E-state index is 11.6. The molecule has 0 saturated carbocycles. The minimum atomic E-state index is -0.294. The number of rotatable bonds is 4. The van der Waals surface area contributed by atoms with E-state index in [-0.39, 0.29) is 11.5 Å². The first-order valence-corrected chi connectivity index (χ1v) is 8.50. The van der Waals surface area contributed by atoms with Crippen LogP contribution in [0, 0.1) is 6.92 Å². The molecule has 4 aromatic rings. The number of para-hydroxylation sites is 1. The van der Waals surface area contributed by atoms with Gasteiger partial charge in [0.25, 0.3) is 5.56 Å². The summed E-state index contributed by atoms with van der Waals surface area (Å²) < 4.78 is 2.15. The summed E-state index contributed by atoms with van der Waals surface area (Å²) in [6.07, 6.45) is 1.74. The fourth-order valence-electron chi connectivity index (χ4n) is 3.10. The van der Waals surface area contributed by atoms with Gasteiger partial charge in [-0.05, 0) is 18.6 Å². The summed E-state index contributed by atoms with van der Waals surface area (Å²) in [4.78, 5) is 14.2. The molecule has 0 atom stereocenters. The van der Waals surface area contributed by atoms with Crippen LogP contribution in [0.5, 0.6) is 0 Å². The van der Waals surface area contributed by atoms with Crippen molar-refractivity contribution in [2.75, 3.05) is 5.43 Å². The molecule has 0 saturated heterocycles. The smallest absolute Gasteiger partial charge is 0.274 e. The molecule has 0 unspecified atom stereocenters. The van der Waals surface area contributed by atoms with Crippen LogP contribution >= 0.6 is 0 Å². The molecule has 7 nitrogen and oxygen atoms in total. The summed E-state index contributed by atoms with van der Waals surface area (Å²) in [5.74, 6) is 0.198. The fraction of sp³-hybridized carbons (Fsp3) is 0.100. The summed E-state index contributed by atoms with van der Waals surface area (Å²) in [7, 11) is 2.04. The van der Waals surface area contributed by atoms with Crippen molar-refractivity contribution in [2.45, 2.75) is 6.92 Å². The fourth-order valence-corrected chi connectivity index (χ4v) is 3.10. The molecule has 27 heavy (non-hydrogen) atoms. The number of hydrogen-bond acceptors (Lipinski definition) is 5. The van der Waals surface area contributed by atoms with E-state index < -0.39 is 0 Å². The Kier molecular flexibility index (Phi) is 4.25. The zero-order valence-electron chi connectivity index (χ0n) is 15.0. The Labute approximate surface area is 155 Å². The third-order valence-electron chi connectivity index (χ3n) is 4.42.